The second kappa shape index (κ2) is 8.90. The molecule has 0 unspecified atom stereocenters. The molecule has 0 aromatic heterocycles. The van der Waals surface area contributed by atoms with E-state index in [0.29, 0.717) is 0 Å². The average molecular weight is 182 g/mol. The molecule has 0 aromatic carbocycles. The van der Waals surface area contributed by atoms with Crippen LogP contribution in [0.4, 0.5) is 0 Å². The van der Waals surface area contributed by atoms with E-state index in [9.17, 15) is 9.59 Å². The van der Waals surface area contributed by atoms with E-state index in [1.165, 1.54) is 0 Å². The first kappa shape index (κ1) is 14.3. The zero-order valence-corrected chi connectivity index (χ0v) is 9.62. The van der Waals surface area contributed by atoms with Crippen LogP contribution in [0.1, 0.15) is 13.8 Å². The zero-order valence-electron chi connectivity index (χ0n) is 7.62. The van der Waals surface area contributed by atoms with Crippen molar-refractivity contribution in [2.75, 3.05) is 13.2 Å². The van der Waals surface area contributed by atoms with Crippen LogP contribution in [-0.2, 0) is 19.1 Å². The minimum absolute atomic E-state index is 0. The summed E-state index contributed by atoms with van der Waals surface area (Å²) in [4.78, 5) is 21.1. The van der Waals surface area contributed by atoms with E-state index in [0.717, 1.165) is 6.42 Å². The summed E-state index contributed by atoms with van der Waals surface area (Å²) >= 11 is 0. The van der Waals surface area contributed by atoms with E-state index >= 15 is 0 Å². The molecule has 0 N–H and O–H groups in total. The Hall–Kier alpha value is -0.190. The van der Waals surface area contributed by atoms with Gasteiger partial charge in [0, 0.05) is 0 Å². The zero-order chi connectivity index (χ0) is 8.69. The van der Waals surface area contributed by atoms with E-state index in [4.69, 9.17) is 0 Å². The molecule has 0 fully saturated rings. The van der Waals surface area contributed by atoms with Crippen LogP contribution in [0.25, 0.3) is 0 Å². The topological polar surface area (TPSA) is 52.6 Å². The minimum atomic E-state index is -0.661. The second-order valence-corrected chi connectivity index (χ2v) is 1.65. The van der Waals surface area contributed by atoms with Crippen LogP contribution in [-0.4, -0.2) is 25.2 Å². The van der Waals surface area contributed by atoms with Crippen molar-refractivity contribution in [1.82, 2.24) is 0 Å². The Bertz CT molecular complexity index is 130. The van der Waals surface area contributed by atoms with Gasteiger partial charge in [0.2, 0.25) is 0 Å². The summed E-state index contributed by atoms with van der Waals surface area (Å²) in [5, 5.41) is 0. The second-order valence-electron chi connectivity index (χ2n) is 1.65. The van der Waals surface area contributed by atoms with Crippen molar-refractivity contribution in [3.8, 4) is 0 Å². The molecule has 0 rings (SSSR count). The molecule has 5 heteroatoms. The van der Waals surface area contributed by atoms with E-state index in [1.807, 2.05) is 0 Å². The van der Waals surface area contributed by atoms with Crippen molar-refractivity contribution in [2.45, 2.75) is 13.8 Å². The first-order chi connectivity index (χ1) is 5.20. The SMILES string of the molecule is CCOC(=O)[CH-]C(=O)OCC.[Na+]. The Balaban J connectivity index is 0. The predicted molar refractivity (Wildman–Crippen MR) is 37.6 cm³/mol. The van der Waals surface area contributed by atoms with Crippen LogP contribution in [0.2, 0.25) is 0 Å². The normalized spacial score (nSPS) is 7.83. The molecule has 0 bridgehead atoms. The van der Waals surface area contributed by atoms with Crippen molar-refractivity contribution in [1.29, 1.82) is 0 Å². The van der Waals surface area contributed by atoms with Crippen LogP contribution in [0.15, 0.2) is 0 Å². The number of carbonyl (C=O) groups is 2. The van der Waals surface area contributed by atoms with E-state index in [2.05, 4.69) is 9.47 Å². The third-order valence-corrected chi connectivity index (χ3v) is 0.809. The van der Waals surface area contributed by atoms with Crippen LogP contribution in [0.5, 0.6) is 0 Å². The molecule has 0 amide bonds. The summed E-state index contributed by atoms with van der Waals surface area (Å²) in [6, 6.07) is 0. The minimum Gasteiger partial charge on any atom is -0.488 e. The molecule has 0 aliphatic heterocycles. The number of hydrogen-bond acceptors (Lipinski definition) is 4. The summed E-state index contributed by atoms with van der Waals surface area (Å²) in [7, 11) is 0. The Morgan fingerprint density at radius 3 is 1.67 bits per heavy atom. The monoisotopic (exact) mass is 182 g/mol. The molecule has 0 radical (unpaired) electrons. The molecule has 0 aliphatic carbocycles. The number of rotatable bonds is 4. The maximum atomic E-state index is 10.5. The summed E-state index contributed by atoms with van der Waals surface area (Å²) in [6.07, 6.45) is 0.785. The van der Waals surface area contributed by atoms with Gasteiger partial charge in [0.15, 0.2) is 11.9 Å². The van der Waals surface area contributed by atoms with Crippen LogP contribution >= 0.6 is 0 Å². The van der Waals surface area contributed by atoms with E-state index < -0.39 is 11.9 Å². The first-order valence-electron chi connectivity index (χ1n) is 3.39. The van der Waals surface area contributed by atoms with E-state index in [-0.39, 0.29) is 42.8 Å². The molecule has 0 heterocycles. The number of hydrogen-bond donors (Lipinski definition) is 0. The predicted octanol–water partition coefficient (Wildman–Crippen LogP) is -2.68. The van der Waals surface area contributed by atoms with Crippen molar-refractivity contribution in [2.24, 2.45) is 0 Å². The molecular formula is C7H11NaO4. The molecule has 64 valence electrons. The fraction of sp³-hybridized carbons (Fsp3) is 0.571. The number of ether oxygens (including phenoxy) is 2. The number of carbonyl (C=O) groups excluding carboxylic acids is 2. The fourth-order valence-electron chi connectivity index (χ4n) is 0.464. The van der Waals surface area contributed by atoms with Gasteiger partial charge in [0.05, 0.1) is 13.2 Å². The number of esters is 2. The summed E-state index contributed by atoms with van der Waals surface area (Å²) in [5.41, 5.74) is 0. The van der Waals surface area contributed by atoms with Gasteiger partial charge in [-0.2, -0.15) is 6.42 Å². The van der Waals surface area contributed by atoms with Crippen LogP contribution < -0.4 is 29.6 Å². The third kappa shape index (κ3) is 7.91. The summed E-state index contributed by atoms with van der Waals surface area (Å²) in [5.74, 6) is -1.32. The van der Waals surface area contributed by atoms with Gasteiger partial charge in [-0.15, -0.1) is 0 Å². The molecular weight excluding hydrogens is 171 g/mol. The van der Waals surface area contributed by atoms with Gasteiger partial charge in [-0.05, 0) is 13.8 Å². The first-order valence-corrected chi connectivity index (χ1v) is 3.39. The van der Waals surface area contributed by atoms with Crippen molar-refractivity contribution >= 4 is 11.9 Å². The van der Waals surface area contributed by atoms with Gasteiger partial charge in [0.1, 0.15) is 0 Å². The summed E-state index contributed by atoms with van der Waals surface area (Å²) < 4.78 is 8.93. The van der Waals surface area contributed by atoms with Gasteiger partial charge >= 0.3 is 29.6 Å². The maximum absolute atomic E-state index is 10.5. The molecule has 0 saturated carbocycles. The van der Waals surface area contributed by atoms with Gasteiger partial charge < -0.3 is 9.47 Å². The molecule has 0 atom stereocenters. The largest absolute Gasteiger partial charge is 1.00 e. The standard InChI is InChI=1S/C7H11O4.Na/c1-3-10-6(8)5-7(9)11-4-2;/h5H,3-4H2,1-2H3;/q-1;+1. The smallest absolute Gasteiger partial charge is 0.488 e. The Kier molecular flexibility index (Phi) is 10.6. The van der Waals surface area contributed by atoms with Crippen molar-refractivity contribution < 1.29 is 48.6 Å². The van der Waals surface area contributed by atoms with Crippen LogP contribution in [0, 0.1) is 6.42 Å². The molecule has 12 heavy (non-hydrogen) atoms. The maximum Gasteiger partial charge on any atom is 1.00 e. The average Bonchev–Trinajstić information content (AvgIpc) is 1.87. The Morgan fingerprint density at radius 1 is 1.08 bits per heavy atom. The Morgan fingerprint density at radius 2 is 1.42 bits per heavy atom. The molecule has 0 spiro atoms. The fourth-order valence-corrected chi connectivity index (χ4v) is 0.464. The van der Waals surface area contributed by atoms with Crippen molar-refractivity contribution in [3.63, 3.8) is 0 Å². The Labute approximate surface area is 93.9 Å². The molecule has 0 saturated heterocycles. The van der Waals surface area contributed by atoms with Crippen LogP contribution in [0.3, 0.4) is 0 Å². The quantitative estimate of drug-likeness (QED) is 0.206. The van der Waals surface area contributed by atoms with Gasteiger partial charge in [-0.1, -0.05) is 0 Å². The third-order valence-electron chi connectivity index (χ3n) is 0.809. The van der Waals surface area contributed by atoms with Crippen molar-refractivity contribution in [3.05, 3.63) is 6.42 Å². The van der Waals surface area contributed by atoms with Gasteiger partial charge in [-0.3, -0.25) is 9.59 Å². The van der Waals surface area contributed by atoms with E-state index in [1.54, 1.807) is 13.8 Å². The molecule has 4 nitrogen and oxygen atoms in total. The summed E-state index contributed by atoms with van der Waals surface area (Å²) in [6.45, 7) is 3.84. The van der Waals surface area contributed by atoms with Gasteiger partial charge in [0.25, 0.3) is 0 Å². The molecule has 0 aromatic rings. The van der Waals surface area contributed by atoms with Gasteiger partial charge in [-0.25, -0.2) is 0 Å². The molecule has 0 aliphatic rings.